The van der Waals surface area contributed by atoms with Crippen LogP contribution >= 0.6 is 43.5 Å². The van der Waals surface area contributed by atoms with Gasteiger partial charge in [-0.3, -0.25) is 11.3 Å². The molecule has 0 fully saturated rings. The minimum atomic E-state index is -0.301. The first-order valence-corrected chi connectivity index (χ1v) is 7.82. The highest BCUT2D eigenvalue weighted by Gasteiger charge is 2.16. The maximum Gasteiger partial charge on any atom is 0.123 e. The number of nitrogens with two attached hydrogens (primary N) is 1. The third-order valence-corrected chi connectivity index (χ3v) is 4.54. The first-order chi connectivity index (χ1) is 9.51. The molecule has 106 valence electrons. The van der Waals surface area contributed by atoms with Crippen LogP contribution in [0.3, 0.4) is 0 Å². The molecule has 2 aromatic carbocycles. The van der Waals surface area contributed by atoms with Crippen LogP contribution in [0.2, 0.25) is 5.02 Å². The summed E-state index contributed by atoms with van der Waals surface area (Å²) in [5.74, 6) is 5.31. The van der Waals surface area contributed by atoms with Gasteiger partial charge in [0.15, 0.2) is 0 Å². The number of benzene rings is 2. The molecule has 2 aromatic rings. The minimum Gasteiger partial charge on any atom is -0.271 e. The zero-order chi connectivity index (χ0) is 14.7. The van der Waals surface area contributed by atoms with Gasteiger partial charge >= 0.3 is 0 Å². The van der Waals surface area contributed by atoms with E-state index >= 15 is 0 Å². The van der Waals surface area contributed by atoms with E-state index in [1.807, 2.05) is 18.2 Å². The van der Waals surface area contributed by atoms with Crippen molar-refractivity contribution in [2.75, 3.05) is 0 Å². The van der Waals surface area contributed by atoms with Crippen LogP contribution in [0.5, 0.6) is 0 Å². The third-order valence-electron chi connectivity index (χ3n) is 2.97. The topological polar surface area (TPSA) is 38.0 Å². The summed E-state index contributed by atoms with van der Waals surface area (Å²) in [4.78, 5) is 0. The number of rotatable bonds is 4. The summed E-state index contributed by atoms with van der Waals surface area (Å²) in [7, 11) is 0. The van der Waals surface area contributed by atoms with Crippen molar-refractivity contribution in [3.8, 4) is 0 Å². The Morgan fingerprint density at radius 1 is 1.20 bits per heavy atom. The van der Waals surface area contributed by atoms with Crippen molar-refractivity contribution >= 4 is 43.5 Å². The molecule has 0 amide bonds. The first kappa shape index (κ1) is 15.9. The maximum atomic E-state index is 13.4. The fourth-order valence-electron chi connectivity index (χ4n) is 1.95. The second-order valence-corrected chi connectivity index (χ2v) is 6.50. The molecular formula is C14H12Br2ClFN2. The van der Waals surface area contributed by atoms with Crippen molar-refractivity contribution in [1.29, 1.82) is 0 Å². The quantitative estimate of drug-likeness (QED) is 0.551. The van der Waals surface area contributed by atoms with Gasteiger partial charge in [-0.25, -0.2) is 4.39 Å². The lowest BCUT2D eigenvalue weighted by atomic mass is 9.99. The normalized spacial score (nSPS) is 12.4. The molecule has 0 aromatic heterocycles. The van der Waals surface area contributed by atoms with E-state index in [1.54, 1.807) is 6.07 Å². The van der Waals surface area contributed by atoms with Gasteiger partial charge in [-0.2, -0.15) is 0 Å². The molecule has 0 spiro atoms. The van der Waals surface area contributed by atoms with E-state index in [9.17, 15) is 4.39 Å². The predicted molar refractivity (Wildman–Crippen MR) is 87.0 cm³/mol. The lowest BCUT2D eigenvalue weighted by molar-refractivity contribution is 0.542. The van der Waals surface area contributed by atoms with Crippen LogP contribution in [0, 0.1) is 5.82 Å². The van der Waals surface area contributed by atoms with E-state index < -0.39 is 0 Å². The van der Waals surface area contributed by atoms with E-state index in [0.29, 0.717) is 11.4 Å². The summed E-state index contributed by atoms with van der Waals surface area (Å²) >= 11 is 13.0. The smallest absolute Gasteiger partial charge is 0.123 e. The Hall–Kier alpha value is -0.460. The van der Waals surface area contributed by atoms with Gasteiger partial charge in [0, 0.05) is 14.0 Å². The van der Waals surface area contributed by atoms with Crippen LogP contribution in [-0.4, -0.2) is 0 Å². The molecular weight excluding hydrogens is 410 g/mol. The number of hydrazine groups is 1. The van der Waals surface area contributed by atoms with Crippen molar-refractivity contribution in [3.63, 3.8) is 0 Å². The highest BCUT2D eigenvalue weighted by Crippen LogP contribution is 2.29. The Morgan fingerprint density at radius 3 is 2.60 bits per heavy atom. The van der Waals surface area contributed by atoms with Crippen LogP contribution in [-0.2, 0) is 6.42 Å². The number of nitrogens with one attached hydrogen (secondary N) is 1. The van der Waals surface area contributed by atoms with E-state index in [-0.39, 0.29) is 11.9 Å². The van der Waals surface area contributed by atoms with Gasteiger partial charge in [0.25, 0.3) is 0 Å². The van der Waals surface area contributed by atoms with Crippen LogP contribution in [0.1, 0.15) is 17.2 Å². The Bertz CT molecular complexity index is 622. The van der Waals surface area contributed by atoms with Gasteiger partial charge in [-0.1, -0.05) is 49.5 Å². The van der Waals surface area contributed by atoms with Gasteiger partial charge in [0.2, 0.25) is 0 Å². The average Bonchev–Trinajstić information content (AvgIpc) is 2.41. The highest BCUT2D eigenvalue weighted by atomic mass is 79.9. The standard InChI is InChI=1S/C14H12Br2ClFN2/c15-9-2-1-8(13(17)6-9)5-14(20-19)11-7-10(18)3-4-12(11)16/h1-4,6-7,14,20H,5,19H2. The molecule has 1 atom stereocenters. The zero-order valence-electron chi connectivity index (χ0n) is 10.3. The SMILES string of the molecule is NNC(Cc1ccc(Br)cc1Cl)c1cc(F)ccc1Br. The number of hydrogen-bond donors (Lipinski definition) is 2. The van der Waals surface area contributed by atoms with Gasteiger partial charge in [0.1, 0.15) is 5.82 Å². The molecule has 2 rings (SSSR count). The minimum absolute atomic E-state index is 0.237. The molecule has 0 bridgehead atoms. The van der Waals surface area contributed by atoms with Crippen molar-refractivity contribution < 1.29 is 4.39 Å². The molecule has 0 aliphatic rings. The zero-order valence-corrected chi connectivity index (χ0v) is 14.3. The van der Waals surface area contributed by atoms with E-state index in [0.717, 1.165) is 20.1 Å². The summed E-state index contributed by atoms with van der Waals surface area (Å²) in [6, 6.07) is 9.94. The van der Waals surface area contributed by atoms with Gasteiger partial charge in [-0.15, -0.1) is 0 Å². The van der Waals surface area contributed by atoms with E-state index in [1.165, 1.54) is 12.1 Å². The Balaban J connectivity index is 2.31. The van der Waals surface area contributed by atoms with Crippen molar-refractivity contribution in [2.24, 2.45) is 5.84 Å². The Labute approximate surface area is 138 Å². The fourth-order valence-corrected chi connectivity index (χ4v) is 3.22. The number of hydrogen-bond acceptors (Lipinski definition) is 2. The molecule has 0 saturated carbocycles. The van der Waals surface area contributed by atoms with Crippen LogP contribution in [0.4, 0.5) is 4.39 Å². The van der Waals surface area contributed by atoms with Crippen LogP contribution in [0.25, 0.3) is 0 Å². The van der Waals surface area contributed by atoms with Crippen molar-refractivity contribution in [2.45, 2.75) is 12.5 Å². The summed E-state index contributed by atoms with van der Waals surface area (Å²) in [5, 5.41) is 0.646. The average molecular weight is 423 g/mol. The van der Waals surface area contributed by atoms with Gasteiger partial charge < -0.3 is 0 Å². The second kappa shape index (κ2) is 7.00. The predicted octanol–water partition coefficient (Wildman–Crippen LogP) is 4.75. The molecule has 1 unspecified atom stereocenters. The monoisotopic (exact) mass is 420 g/mol. The maximum absolute atomic E-state index is 13.4. The van der Waals surface area contributed by atoms with Crippen LogP contribution < -0.4 is 11.3 Å². The lowest BCUT2D eigenvalue weighted by Gasteiger charge is -2.19. The lowest BCUT2D eigenvalue weighted by Crippen LogP contribution is -2.30. The second-order valence-electron chi connectivity index (χ2n) is 4.32. The molecule has 6 heteroatoms. The number of halogens is 4. The molecule has 20 heavy (non-hydrogen) atoms. The first-order valence-electron chi connectivity index (χ1n) is 5.86. The van der Waals surface area contributed by atoms with E-state index in [2.05, 4.69) is 37.3 Å². The summed E-state index contributed by atoms with van der Waals surface area (Å²) in [6.07, 6.45) is 0.560. The molecule has 2 nitrogen and oxygen atoms in total. The Morgan fingerprint density at radius 2 is 1.95 bits per heavy atom. The molecule has 3 N–H and O–H groups in total. The van der Waals surface area contributed by atoms with Crippen LogP contribution in [0.15, 0.2) is 45.3 Å². The fraction of sp³-hybridized carbons (Fsp3) is 0.143. The molecule has 0 radical (unpaired) electrons. The molecule has 0 aliphatic heterocycles. The highest BCUT2D eigenvalue weighted by molar-refractivity contribution is 9.10. The molecule has 0 aliphatic carbocycles. The van der Waals surface area contributed by atoms with Gasteiger partial charge in [-0.05, 0) is 47.9 Å². The van der Waals surface area contributed by atoms with E-state index in [4.69, 9.17) is 17.4 Å². The Kier molecular flexibility index (Phi) is 5.57. The van der Waals surface area contributed by atoms with Gasteiger partial charge in [0.05, 0.1) is 6.04 Å². The summed E-state index contributed by atoms with van der Waals surface area (Å²) < 4.78 is 15.1. The molecule has 0 saturated heterocycles. The largest absolute Gasteiger partial charge is 0.271 e. The third kappa shape index (κ3) is 3.80. The summed E-state index contributed by atoms with van der Waals surface area (Å²) in [6.45, 7) is 0. The van der Waals surface area contributed by atoms with Crippen molar-refractivity contribution in [1.82, 2.24) is 5.43 Å². The summed E-state index contributed by atoms with van der Waals surface area (Å²) in [5.41, 5.74) is 4.40. The van der Waals surface area contributed by atoms with Crippen molar-refractivity contribution in [3.05, 3.63) is 67.3 Å². The molecule has 0 heterocycles.